The van der Waals surface area contributed by atoms with Crippen LogP contribution in [0.15, 0.2) is 24.5 Å². The minimum absolute atomic E-state index is 0.159. The number of nitrogens with one attached hydrogen (secondary N) is 1. The normalized spacial score (nSPS) is 12.7. The quantitative estimate of drug-likeness (QED) is 0.652. The number of nitrogens with zero attached hydrogens (tertiary/aromatic N) is 3. The molecule has 0 radical (unpaired) electrons. The number of ether oxygens (including phenoxy) is 1. The molecule has 2 aromatic rings. The zero-order valence-electron chi connectivity index (χ0n) is 11.7. The highest BCUT2D eigenvalue weighted by atomic mass is 35.5. The van der Waals surface area contributed by atoms with Gasteiger partial charge in [0.15, 0.2) is 5.75 Å². The van der Waals surface area contributed by atoms with Crippen LogP contribution in [0.5, 0.6) is 5.75 Å². The second kappa shape index (κ2) is 6.21. The third-order valence-corrected chi connectivity index (χ3v) is 3.33. The molecule has 1 atom stereocenters. The molecule has 0 aliphatic rings. The third kappa shape index (κ3) is 2.63. The number of rotatable bonds is 5. The van der Waals surface area contributed by atoms with E-state index in [2.05, 4.69) is 15.5 Å². The molecule has 0 saturated carbocycles. The molecular formula is C13H18ClN5O. The van der Waals surface area contributed by atoms with E-state index in [-0.39, 0.29) is 6.04 Å². The molecule has 3 N–H and O–H groups in total. The Hall–Kier alpha value is -1.63. The van der Waals surface area contributed by atoms with E-state index >= 15 is 0 Å². The molecule has 0 saturated heterocycles. The van der Waals surface area contributed by atoms with E-state index in [1.165, 1.54) is 0 Å². The van der Waals surface area contributed by atoms with Gasteiger partial charge < -0.3 is 4.74 Å². The zero-order chi connectivity index (χ0) is 14.7. The van der Waals surface area contributed by atoms with E-state index in [0.717, 1.165) is 5.69 Å². The van der Waals surface area contributed by atoms with Gasteiger partial charge in [0.05, 0.1) is 24.0 Å². The van der Waals surface area contributed by atoms with E-state index in [1.807, 2.05) is 18.5 Å². The molecule has 1 unspecified atom stereocenters. The number of halogens is 1. The molecule has 0 bridgehead atoms. The van der Waals surface area contributed by atoms with Crippen molar-refractivity contribution in [3.05, 3.63) is 40.9 Å². The van der Waals surface area contributed by atoms with Crippen LogP contribution in [0.2, 0.25) is 5.02 Å². The summed E-state index contributed by atoms with van der Waals surface area (Å²) >= 11 is 6.21. The average molecular weight is 296 g/mol. The molecule has 20 heavy (non-hydrogen) atoms. The summed E-state index contributed by atoms with van der Waals surface area (Å²) in [6.45, 7) is 4.06. The lowest BCUT2D eigenvalue weighted by Gasteiger charge is -2.21. The molecule has 2 aromatic heterocycles. The zero-order valence-corrected chi connectivity index (χ0v) is 12.4. The van der Waals surface area contributed by atoms with Gasteiger partial charge in [-0.05, 0) is 26.0 Å². The standard InChI is InChI=1S/C13H18ClN5O/c1-8(2)19-13(10(20-3)7-17-19)12(18-15)11-9(14)5-4-6-16-11/h4-8,12,18H,15H2,1-3H3. The van der Waals surface area contributed by atoms with Gasteiger partial charge in [-0.15, -0.1) is 0 Å². The fourth-order valence-electron chi connectivity index (χ4n) is 2.10. The summed E-state index contributed by atoms with van der Waals surface area (Å²) in [5.41, 5.74) is 4.18. The summed E-state index contributed by atoms with van der Waals surface area (Å²) in [4.78, 5) is 4.31. The molecule has 6 nitrogen and oxygen atoms in total. The number of hydrogen-bond donors (Lipinski definition) is 2. The number of nitrogens with two attached hydrogens (primary N) is 1. The topological polar surface area (TPSA) is 78.0 Å². The Morgan fingerprint density at radius 3 is 2.75 bits per heavy atom. The molecule has 2 heterocycles. The van der Waals surface area contributed by atoms with Crippen LogP contribution in [0.4, 0.5) is 0 Å². The van der Waals surface area contributed by atoms with Crippen LogP contribution in [-0.4, -0.2) is 21.9 Å². The highest BCUT2D eigenvalue weighted by molar-refractivity contribution is 6.31. The second-order valence-electron chi connectivity index (χ2n) is 4.61. The second-order valence-corrected chi connectivity index (χ2v) is 5.01. The lowest BCUT2D eigenvalue weighted by Crippen LogP contribution is -2.32. The fourth-order valence-corrected chi connectivity index (χ4v) is 2.33. The fraction of sp³-hybridized carbons (Fsp3) is 0.385. The van der Waals surface area contributed by atoms with Crippen molar-refractivity contribution in [1.29, 1.82) is 0 Å². The van der Waals surface area contributed by atoms with E-state index in [9.17, 15) is 0 Å². The predicted octanol–water partition coefficient (Wildman–Crippen LogP) is 2.07. The van der Waals surface area contributed by atoms with Crippen molar-refractivity contribution in [2.24, 2.45) is 5.84 Å². The molecule has 0 aromatic carbocycles. The van der Waals surface area contributed by atoms with Crippen molar-refractivity contribution >= 4 is 11.6 Å². The smallest absolute Gasteiger partial charge is 0.162 e. The van der Waals surface area contributed by atoms with Crippen molar-refractivity contribution in [3.63, 3.8) is 0 Å². The molecule has 0 aliphatic carbocycles. The lowest BCUT2D eigenvalue weighted by molar-refractivity contribution is 0.393. The van der Waals surface area contributed by atoms with Crippen molar-refractivity contribution in [2.75, 3.05) is 7.11 Å². The van der Waals surface area contributed by atoms with Crippen molar-refractivity contribution in [1.82, 2.24) is 20.2 Å². The Morgan fingerprint density at radius 2 is 2.20 bits per heavy atom. The lowest BCUT2D eigenvalue weighted by atomic mass is 10.1. The van der Waals surface area contributed by atoms with Gasteiger partial charge >= 0.3 is 0 Å². The minimum atomic E-state index is -0.399. The largest absolute Gasteiger partial charge is 0.493 e. The van der Waals surface area contributed by atoms with Gasteiger partial charge in [-0.25, -0.2) is 5.43 Å². The Morgan fingerprint density at radius 1 is 1.45 bits per heavy atom. The first kappa shape index (κ1) is 14.8. The summed E-state index contributed by atoms with van der Waals surface area (Å²) < 4.78 is 7.21. The number of aromatic nitrogens is 3. The monoisotopic (exact) mass is 295 g/mol. The van der Waals surface area contributed by atoms with Gasteiger partial charge in [-0.1, -0.05) is 11.6 Å². The van der Waals surface area contributed by atoms with Crippen LogP contribution in [-0.2, 0) is 0 Å². The molecule has 0 amide bonds. The van der Waals surface area contributed by atoms with Crippen LogP contribution >= 0.6 is 11.6 Å². The summed E-state index contributed by atoms with van der Waals surface area (Å²) in [6.07, 6.45) is 3.34. The van der Waals surface area contributed by atoms with Gasteiger partial charge in [-0.3, -0.25) is 15.5 Å². The molecule has 0 fully saturated rings. The molecule has 0 spiro atoms. The van der Waals surface area contributed by atoms with E-state index in [0.29, 0.717) is 16.5 Å². The first-order valence-corrected chi connectivity index (χ1v) is 6.65. The minimum Gasteiger partial charge on any atom is -0.493 e. The Bertz CT molecular complexity index is 584. The van der Waals surface area contributed by atoms with Crippen LogP contribution in [0.25, 0.3) is 0 Å². The molecule has 108 valence electrons. The van der Waals surface area contributed by atoms with Gasteiger partial charge in [0.1, 0.15) is 11.7 Å². The van der Waals surface area contributed by atoms with E-state index < -0.39 is 6.04 Å². The predicted molar refractivity (Wildman–Crippen MR) is 77.6 cm³/mol. The maximum absolute atomic E-state index is 6.21. The van der Waals surface area contributed by atoms with Gasteiger partial charge in [0, 0.05) is 12.2 Å². The number of hydrazine groups is 1. The number of pyridine rings is 1. The summed E-state index contributed by atoms with van der Waals surface area (Å²) in [6, 6.07) is 3.31. The first-order chi connectivity index (χ1) is 9.60. The van der Waals surface area contributed by atoms with Crippen molar-refractivity contribution in [3.8, 4) is 5.75 Å². The highest BCUT2D eigenvalue weighted by Gasteiger charge is 2.26. The van der Waals surface area contributed by atoms with Gasteiger partial charge in [0.2, 0.25) is 0 Å². The van der Waals surface area contributed by atoms with Gasteiger partial charge in [0.25, 0.3) is 0 Å². The molecule has 0 aliphatic heterocycles. The molecular weight excluding hydrogens is 278 g/mol. The molecule has 2 rings (SSSR count). The van der Waals surface area contributed by atoms with Crippen LogP contribution in [0, 0.1) is 0 Å². The van der Waals surface area contributed by atoms with Crippen molar-refractivity contribution in [2.45, 2.75) is 25.9 Å². The van der Waals surface area contributed by atoms with Crippen LogP contribution in [0.1, 0.15) is 37.3 Å². The summed E-state index contributed by atoms with van der Waals surface area (Å²) in [5.74, 6) is 6.35. The van der Waals surface area contributed by atoms with Gasteiger partial charge in [-0.2, -0.15) is 5.10 Å². The summed E-state index contributed by atoms with van der Waals surface area (Å²) in [5, 5.41) is 4.87. The molecule has 7 heteroatoms. The van der Waals surface area contributed by atoms with Crippen LogP contribution < -0.4 is 16.0 Å². The van der Waals surface area contributed by atoms with E-state index in [1.54, 1.807) is 31.6 Å². The number of hydrogen-bond acceptors (Lipinski definition) is 5. The Kier molecular flexibility index (Phi) is 4.59. The maximum Gasteiger partial charge on any atom is 0.162 e. The van der Waals surface area contributed by atoms with Crippen molar-refractivity contribution < 1.29 is 4.74 Å². The third-order valence-electron chi connectivity index (χ3n) is 3.01. The Labute approximate surface area is 122 Å². The van der Waals surface area contributed by atoms with E-state index in [4.69, 9.17) is 22.2 Å². The Balaban J connectivity index is 2.57. The first-order valence-electron chi connectivity index (χ1n) is 6.28. The van der Waals surface area contributed by atoms with Crippen LogP contribution in [0.3, 0.4) is 0 Å². The average Bonchev–Trinajstić information content (AvgIpc) is 2.86. The highest BCUT2D eigenvalue weighted by Crippen LogP contribution is 2.33. The SMILES string of the molecule is COc1cnn(C(C)C)c1C(NN)c1ncccc1Cl. The summed E-state index contributed by atoms with van der Waals surface area (Å²) in [7, 11) is 1.60. The maximum atomic E-state index is 6.21. The number of methoxy groups -OCH3 is 1.